The minimum atomic E-state index is 0.270. The molecule has 1 aromatic heterocycles. The van der Waals surface area contributed by atoms with E-state index in [2.05, 4.69) is 51.0 Å². The Morgan fingerprint density at radius 3 is 3.12 bits per heavy atom. The van der Waals surface area contributed by atoms with Crippen molar-refractivity contribution in [2.75, 3.05) is 0 Å². The number of hydrogen-bond donors (Lipinski definition) is 1. The van der Waals surface area contributed by atoms with E-state index < -0.39 is 0 Å². The Bertz CT molecular complexity index is 491. The Hall–Kier alpha value is -1.97. The predicted molar refractivity (Wildman–Crippen MR) is 60.6 cm³/mol. The molecule has 1 heterocycles. The molecule has 0 amide bonds. The number of nitrogens with zero attached hydrogens (tertiary/aromatic N) is 3. The van der Waals surface area contributed by atoms with Crippen molar-refractivity contribution in [3.63, 3.8) is 0 Å². The third-order valence-corrected chi connectivity index (χ3v) is 2.98. The number of hydrogen-bond acceptors (Lipinski definition) is 3. The first-order valence-corrected chi connectivity index (χ1v) is 5.44. The molecule has 0 radical (unpaired) electrons. The summed E-state index contributed by atoms with van der Waals surface area (Å²) in [6.45, 7) is 0. The number of fused-ring (bicyclic) bond motifs is 1. The van der Waals surface area contributed by atoms with Crippen LogP contribution in [-0.2, 0) is 0 Å². The van der Waals surface area contributed by atoms with Gasteiger partial charge < -0.3 is 0 Å². The fraction of sp³-hybridized carbons (Fsp3) is 0.250. The SMILES string of the molecule is C1=CC=C2C(=CCCC2c2nn[nH]n2)C=C1. The van der Waals surface area contributed by atoms with Crippen molar-refractivity contribution in [2.45, 2.75) is 18.8 Å². The minimum absolute atomic E-state index is 0.270. The first kappa shape index (κ1) is 9.27. The second kappa shape index (κ2) is 3.89. The van der Waals surface area contributed by atoms with E-state index in [-0.39, 0.29) is 5.92 Å². The van der Waals surface area contributed by atoms with E-state index in [1.807, 2.05) is 6.08 Å². The van der Waals surface area contributed by atoms with Gasteiger partial charge in [-0.3, -0.25) is 0 Å². The van der Waals surface area contributed by atoms with E-state index in [0.29, 0.717) is 0 Å². The number of H-pyrrole nitrogens is 1. The molecule has 4 heteroatoms. The maximum Gasteiger partial charge on any atom is 0.182 e. The summed E-state index contributed by atoms with van der Waals surface area (Å²) in [4.78, 5) is 0. The zero-order valence-electron chi connectivity index (χ0n) is 8.80. The fourth-order valence-corrected chi connectivity index (χ4v) is 2.22. The molecule has 1 atom stereocenters. The van der Waals surface area contributed by atoms with Crippen molar-refractivity contribution in [3.05, 3.63) is 53.4 Å². The standard InChI is InChI=1S/C12H12N4/c1-2-5-9-6-4-8-11(10(9)7-3-1)12-13-15-16-14-12/h1-3,5-7,11H,4,8H2,(H,13,14,15,16). The van der Waals surface area contributed by atoms with Gasteiger partial charge in [0.15, 0.2) is 5.82 Å². The van der Waals surface area contributed by atoms with Crippen LogP contribution < -0.4 is 0 Å². The molecule has 0 saturated carbocycles. The molecule has 2 aliphatic rings. The van der Waals surface area contributed by atoms with Gasteiger partial charge >= 0.3 is 0 Å². The second-order valence-corrected chi connectivity index (χ2v) is 3.93. The van der Waals surface area contributed by atoms with E-state index in [9.17, 15) is 0 Å². The molecule has 0 fully saturated rings. The molecule has 0 aliphatic heterocycles. The first-order chi connectivity index (χ1) is 7.95. The van der Waals surface area contributed by atoms with E-state index in [1.165, 1.54) is 11.1 Å². The van der Waals surface area contributed by atoms with Crippen LogP contribution in [0.3, 0.4) is 0 Å². The summed E-state index contributed by atoms with van der Waals surface area (Å²) in [5.41, 5.74) is 2.57. The highest BCUT2D eigenvalue weighted by molar-refractivity contribution is 5.50. The summed E-state index contributed by atoms with van der Waals surface area (Å²) in [6.07, 6.45) is 14.8. The molecule has 16 heavy (non-hydrogen) atoms. The Morgan fingerprint density at radius 1 is 1.25 bits per heavy atom. The number of aromatic nitrogens is 4. The van der Waals surface area contributed by atoms with Crippen molar-refractivity contribution in [1.29, 1.82) is 0 Å². The highest BCUT2D eigenvalue weighted by Crippen LogP contribution is 2.37. The summed E-state index contributed by atoms with van der Waals surface area (Å²) in [7, 11) is 0. The Labute approximate surface area is 93.4 Å². The zero-order chi connectivity index (χ0) is 10.8. The summed E-state index contributed by atoms with van der Waals surface area (Å²) < 4.78 is 0. The van der Waals surface area contributed by atoms with Crippen LogP contribution in [0.1, 0.15) is 24.6 Å². The molecule has 1 unspecified atom stereocenters. The molecular formula is C12H12N4. The largest absolute Gasteiger partial charge is 0.182 e. The zero-order valence-corrected chi connectivity index (χ0v) is 8.80. The van der Waals surface area contributed by atoms with Gasteiger partial charge in [-0.25, -0.2) is 0 Å². The monoisotopic (exact) mass is 212 g/mol. The van der Waals surface area contributed by atoms with Crippen LogP contribution in [0.25, 0.3) is 0 Å². The lowest BCUT2D eigenvalue weighted by Crippen LogP contribution is -2.10. The van der Waals surface area contributed by atoms with Crippen LogP contribution in [0.4, 0.5) is 0 Å². The van der Waals surface area contributed by atoms with Crippen LogP contribution in [0.5, 0.6) is 0 Å². The smallest absolute Gasteiger partial charge is 0.177 e. The Balaban J connectivity index is 2.03. The molecule has 0 spiro atoms. The van der Waals surface area contributed by atoms with Crippen LogP contribution in [0, 0.1) is 0 Å². The topological polar surface area (TPSA) is 54.5 Å². The average molecular weight is 212 g/mol. The lowest BCUT2D eigenvalue weighted by molar-refractivity contribution is 0.658. The van der Waals surface area contributed by atoms with Gasteiger partial charge in [0, 0.05) is 5.92 Å². The fourth-order valence-electron chi connectivity index (χ4n) is 2.22. The van der Waals surface area contributed by atoms with E-state index in [1.54, 1.807) is 0 Å². The summed E-state index contributed by atoms with van der Waals surface area (Å²) in [5, 5.41) is 14.4. The van der Waals surface area contributed by atoms with Gasteiger partial charge in [-0.05, 0) is 24.0 Å². The average Bonchev–Trinajstić information content (AvgIpc) is 2.73. The maximum atomic E-state index is 4.10. The van der Waals surface area contributed by atoms with E-state index in [0.717, 1.165) is 18.7 Å². The van der Waals surface area contributed by atoms with Crippen molar-refractivity contribution < 1.29 is 0 Å². The number of nitrogens with one attached hydrogen (secondary N) is 1. The van der Waals surface area contributed by atoms with Crippen molar-refractivity contribution in [2.24, 2.45) is 0 Å². The second-order valence-electron chi connectivity index (χ2n) is 3.93. The Morgan fingerprint density at radius 2 is 2.25 bits per heavy atom. The third-order valence-electron chi connectivity index (χ3n) is 2.98. The summed E-state index contributed by atoms with van der Waals surface area (Å²) in [6, 6.07) is 0. The normalized spacial score (nSPS) is 23.4. The lowest BCUT2D eigenvalue weighted by atomic mass is 9.83. The maximum absolute atomic E-state index is 4.10. The van der Waals surface area contributed by atoms with Crippen LogP contribution in [0.15, 0.2) is 47.6 Å². The Kier molecular flexibility index (Phi) is 2.25. The van der Waals surface area contributed by atoms with Gasteiger partial charge in [-0.2, -0.15) is 5.21 Å². The highest BCUT2D eigenvalue weighted by Gasteiger charge is 2.25. The number of rotatable bonds is 1. The van der Waals surface area contributed by atoms with Gasteiger partial charge in [-0.15, -0.1) is 10.2 Å². The lowest BCUT2D eigenvalue weighted by Gasteiger charge is -2.21. The van der Waals surface area contributed by atoms with Gasteiger partial charge in [0.05, 0.1) is 0 Å². The van der Waals surface area contributed by atoms with Crippen LogP contribution in [0.2, 0.25) is 0 Å². The summed E-state index contributed by atoms with van der Waals surface area (Å²) in [5.74, 6) is 1.06. The van der Waals surface area contributed by atoms with Crippen molar-refractivity contribution in [1.82, 2.24) is 20.6 Å². The van der Waals surface area contributed by atoms with Crippen LogP contribution in [-0.4, -0.2) is 20.6 Å². The molecule has 0 aromatic carbocycles. The molecule has 2 aliphatic carbocycles. The van der Waals surface area contributed by atoms with Gasteiger partial charge in [0.2, 0.25) is 0 Å². The van der Waals surface area contributed by atoms with Gasteiger partial charge in [0.25, 0.3) is 0 Å². The predicted octanol–water partition coefficient (Wildman–Crippen LogP) is 2.06. The minimum Gasteiger partial charge on any atom is -0.177 e. The molecule has 0 bridgehead atoms. The summed E-state index contributed by atoms with van der Waals surface area (Å²) >= 11 is 0. The molecule has 3 rings (SSSR count). The van der Waals surface area contributed by atoms with Gasteiger partial charge in [-0.1, -0.05) is 41.7 Å². The molecule has 1 N–H and O–H groups in total. The van der Waals surface area contributed by atoms with Crippen molar-refractivity contribution in [3.8, 4) is 0 Å². The molecular weight excluding hydrogens is 200 g/mol. The number of aromatic amines is 1. The molecule has 0 saturated heterocycles. The van der Waals surface area contributed by atoms with E-state index in [4.69, 9.17) is 0 Å². The number of tetrazole rings is 1. The van der Waals surface area contributed by atoms with Crippen molar-refractivity contribution >= 4 is 0 Å². The number of allylic oxidation sites excluding steroid dienone is 8. The van der Waals surface area contributed by atoms with Gasteiger partial charge in [0.1, 0.15) is 0 Å². The highest BCUT2D eigenvalue weighted by atomic mass is 15.5. The molecule has 4 nitrogen and oxygen atoms in total. The molecule has 80 valence electrons. The molecule has 1 aromatic rings. The first-order valence-electron chi connectivity index (χ1n) is 5.44. The quantitative estimate of drug-likeness (QED) is 0.775. The van der Waals surface area contributed by atoms with Crippen LogP contribution >= 0.6 is 0 Å². The van der Waals surface area contributed by atoms with E-state index >= 15 is 0 Å². The third kappa shape index (κ3) is 1.52.